The molecule has 1 aliphatic rings. The zero-order valence-electron chi connectivity index (χ0n) is 19.0. The van der Waals surface area contributed by atoms with Crippen molar-refractivity contribution in [1.82, 2.24) is 4.90 Å². The van der Waals surface area contributed by atoms with Gasteiger partial charge in [0.1, 0.15) is 9.77 Å². The molecule has 2 aromatic carbocycles. The zero-order chi connectivity index (χ0) is 24.3. The van der Waals surface area contributed by atoms with E-state index in [0.717, 1.165) is 22.5 Å². The topological polar surface area (TPSA) is 92.8 Å². The van der Waals surface area contributed by atoms with Crippen molar-refractivity contribution < 1.29 is 22.7 Å². The number of nitrogens with one attached hydrogen (secondary N) is 1. The number of nitrogens with zero attached hydrogens (tertiary/aromatic N) is 1. The number of anilines is 1. The van der Waals surface area contributed by atoms with Crippen LogP contribution in [0.1, 0.15) is 33.6 Å². The van der Waals surface area contributed by atoms with Crippen LogP contribution < -0.4 is 4.72 Å². The molecule has 0 aliphatic carbocycles. The number of hydrogen-bond donors (Lipinski definition) is 1. The Morgan fingerprint density at radius 3 is 2.26 bits per heavy atom. The molecule has 0 unspecified atom stereocenters. The molecule has 178 valence electrons. The number of piperidine rings is 1. The summed E-state index contributed by atoms with van der Waals surface area (Å²) in [5.74, 6) is -0.682. The number of benzene rings is 2. The molecular weight excluding hydrogens is 472 g/mol. The lowest BCUT2D eigenvalue weighted by molar-refractivity contribution is -0.149. The van der Waals surface area contributed by atoms with Gasteiger partial charge >= 0.3 is 5.97 Å². The van der Waals surface area contributed by atoms with Gasteiger partial charge in [0.2, 0.25) is 0 Å². The number of methoxy groups -OCH3 is 1. The summed E-state index contributed by atoms with van der Waals surface area (Å²) in [5.41, 5.74) is 1.47. The number of carbonyl (C=O) groups is 2. The highest BCUT2D eigenvalue weighted by atomic mass is 32.2. The van der Waals surface area contributed by atoms with E-state index >= 15 is 0 Å². The highest BCUT2D eigenvalue weighted by Gasteiger charge is 2.45. The van der Waals surface area contributed by atoms with E-state index < -0.39 is 15.4 Å². The maximum atomic E-state index is 13.3. The standard InChI is InChI=1S/C25H26N2O5S2/c1-18-8-10-20(11-9-18)26-34(30,31)21-12-17-33-22(21)23(28)27-15-13-25(14-16-27,24(29)32-2)19-6-4-3-5-7-19/h3-12,17,26H,13-16H2,1-2H3. The highest BCUT2D eigenvalue weighted by molar-refractivity contribution is 7.93. The third-order valence-electron chi connectivity index (χ3n) is 6.22. The van der Waals surface area contributed by atoms with Crippen LogP contribution in [0.5, 0.6) is 0 Å². The van der Waals surface area contributed by atoms with E-state index in [1.165, 1.54) is 13.2 Å². The molecule has 0 atom stereocenters. The van der Waals surface area contributed by atoms with E-state index in [9.17, 15) is 18.0 Å². The molecule has 7 nitrogen and oxygen atoms in total. The van der Waals surface area contributed by atoms with Crippen LogP contribution in [0, 0.1) is 6.92 Å². The first kappa shape index (κ1) is 24.0. The second-order valence-electron chi connectivity index (χ2n) is 8.32. The summed E-state index contributed by atoms with van der Waals surface area (Å²) >= 11 is 1.10. The summed E-state index contributed by atoms with van der Waals surface area (Å²) in [4.78, 5) is 27.8. The number of amides is 1. The van der Waals surface area contributed by atoms with Crippen LogP contribution >= 0.6 is 11.3 Å². The van der Waals surface area contributed by atoms with Crippen molar-refractivity contribution >= 4 is 38.9 Å². The summed E-state index contributed by atoms with van der Waals surface area (Å²) < 4.78 is 33.7. The Morgan fingerprint density at radius 1 is 1.00 bits per heavy atom. The lowest BCUT2D eigenvalue weighted by Crippen LogP contribution is -2.49. The van der Waals surface area contributed by atoms with Gasteiger partial charge in [-0.25, -0.2) is 8.42 Å². The first-order valence-electron chi connectivity index (χ1n) is 10.9. The van der Waals surface area contributed by atoms with Gasteiger partial charge < -0.3 is 9.64 Å². The second kappa shape index (κ2) is 9.60. The predicted octanol–water partition coefficient (Wildman–Crippen LogP) is 4.20. The molecule has 1 fully saturated rings. The summed E-state index contributed by atoms with van der Waals surface area (Å²) in [5, 5.41) is 1.60. The smallest absolute Gasteiger partial charge is 0.316 e. The van der Waals surface area contributed by atoms with Crippen LogP contribution in [0.2, 0.25) is 0 Å². The fraction of sp³-hybridized carbons (Fsp3) is 0.280. The monoisotopic (exact) mass is 498 g/mol. The van der Waals surface area contributed by atoms with Crippen LogP contribution in [0.15, 0.2) is 70.9 Å². The van der Waals surface area contributed by atoms with Crippen molar-refractivity contribution in [3.8, 4) is 0 Å². The van der Waals surface area contributed by atoms with E-state index in [0.29, 0.717) is 31.6 Å². The first-order valence-corrected chi connectivity index (χ1v) is 13.2. The molecule has 4 rings (SSSR count). The number of thiophene rings is 1. The van der Waals surface area contributed by atoms with E-state index in [1.54, 1.807) is 22.4 Å². The normalized spacial score (nSPS) is 15.5. The maximum Gasteiger partial charge on any atom is 0.316 e. The Morgan fingerprint density at radius 2 is 1.65 bits per heavy atom. The van der Waals surface area contributed by atoms with Gasteiger partial charge in [0.25, 0.3) is 15.9 Å². The van der Waals surface area contributed by atoms with Gasteiger partial charge in [-0.3, -0.25) is 14.3 Å². The van der Waals surface area contributed by atoms with Crippen LogP contribution in [0.25, 0.3) is 0 Å². The molecule has 0 saturated carbocycles. The lowest BCUT2D eigenvalue weighted by Gasteiger charge is -2.40. The molecular formula is C25H26N2O5S2. The van der Waals surface area contributed by atoms with E-state index in [-0.39, 0.29) is 21.6 Å². The van der Waals surface area contributed by atoms with Crippen LogP contribution in [-0.4, -0.2) is 45.4 Å². The number of ether oxygens (including phenoxy) is 1. The molecule has 1 amide bonds. The largest absolute Gasteiger partial charge is 0.468 e. The number of aryl methyl sites for hydroxylation is 1. The van der Waals surface area contributed by atoms with Crippen LogP contribution in [-0.2, 0) is 25.0 Å². The molecule has 1 aliphatic heterocycles. The van der Waals surface area contributed by atoms with Crippen LogP contribution in [0.3, 0.4) is 0 Å². The number of sulfonamides is 1. The average molecular weight is 499 g/mol. The van der Waals surface area contributed by atoms with Crippen molar-refractivity contribution in [3.63, 3.8) is 0 Å². The number of likely N-dealkylation sites (tertiary alicyclic amines) is 1. The Bertz CT molecular complexity index is 1280. The third-order valence-corrected chi connectivity index (χ3v) is 8.68. The van der Waals surface area contributed by atoms with E-state index in [1.807, 2.05) is 49.4 Å². The van der Waals surface area contributed by atoms with Gasteiger partial charge in [0.15, 0.2) is 0 Å². The molecule has 3 aromatic rings. The van der Waals surface area contributed by atoms with Gasteiger partial charge in [-0.05, 0) is 48.9 Å². The first-order chi connectivity index (χ1) is 16.3. The number of rotatable bonds is 6. The molecule has 1 saturated heterocycles. The van der Waals surface area contributed by atoms with Crippen molar-refractivity contribution in [2.24, 2.45) is 0 Å². The fourth-order valence-electron chi connectivity index (χ4n) is 4.30. The minimum Gasteiger partial charge on any atom is -0.468 e. The van der Waals surface area contributed by atoms with Crippen LogP contribution in [0.4, 0.5) is 5.69 Å². The predicted molar refractivity (Wildman–Crippen MR) is 132 cm³/mol. The molecule has 0 bridgehead atoms. The van der Waals surface area contributed by atoms with E-state index in [4.69, 9.17) is 4.74 Å². The molecule has 34 heavy (non-hydrogen) atoms. The molecule has 2 heterocycles. The summed E-state index contributed by atoms with van der Waals surface area (Å²) in [6.45, 7) is 2.54. The van der Waals surface area contributed by atoms with Gasteiger partial charge in [-0.15, -0.1) is 11.3 Å². The molecule has 1 aromatic heterocycles. The summed E-state index contributed by atoms with van der Waals surface area (Å²) in [6.07, 6.45) is 0.787. The van der Waals surface area contributed by atoms with Crippen molar-refractivity contribution in [2.75, 3.05) is 24.9 Å². The van der Waals surface area contributed by atoms with Crippen molar-refractivity contribution in [3.05, 3.63) is 82.0 Å². The van der Waals surface area contributed by atoms with E-state index in [2.05, 4.69) is 4.72 Å². The third kappa shape index (κ3) is 4.58. The molecule has 0 radical (unpaired) electrons. The Labute approximate surface area is 203 Å². The second-order valence-corrected chi connectivity index (χ2v) is 10.9. The zero-order valence-corrected chi connectivity index (χ0v) is 20.6. The Balaban J connectivity index is 1.54. The Kier molecular flexibility index (Phi) is 6.77. The number of esters is 1. The molecule has 1 N–H and O–H groups in total. The summed E-state index contributed by atoms with van der Waals surface area (Å²) in [7, 11) is -2.57. The maximum absolute atomic E-state index is 13.3. The van der Waals surface area contributed by atoms with Gasteiger partial charge in [0.05, 0.1) is 12.5 Å². The van der Waals surface area contributed by atoms with Gasteiger partial charge in [-0.1, -0.05) is 48.0 Å². The van der Waals surface area contributed by atoms with Gasteiger partial charge in [0, 0.05) is 18.8 Å². The number of carbonyl (C=O) groups excluding carboxylic acids is 2. The summed E-state index contributed by atoms with van der Waals surface area (Å²) in [6, 6.07) is 17.9. The average Bonchev–Trinajstić information content (AvgIpc) is 3.36. The quantitative estimate of drug-likeness (QED) is 0.514. The highest BCUT2D eigenvalue weighted by Crippen LogP contribution is 2.38. The SMILES string of the molecule is COC(=O)C1(c2ccccc2)CCN(C(=O)c2sccc2S(=O)(=O)Nc2ccc(C)cc2)CC1. The minimum absolute atomic E-state index is 0.0454. The fourth-order valence-corrected chi connectivity index (χ4v) is 6.74. The minimum atomic E-state index is -3.94. The van der Waals surface area contributed by atoms with Crippen molar-refractivity contribution in [1.29, 1.82) is 0 Å². The van der Waals surface area contributed by atoms with Gasteiger partial charge in [-0.2, -0.15) is 0 Å². The lowest BCUT2D eigenvalue weighted by atomic mass is 9.72. The number of hydrogen-bond acceptors (Lipinski definition) is 6. The molecule has 9 heteroatoms. The Hall–Kier alpha value is -3.17. The van der Waals surface area contributed by atoms with Crippen molar-refractivity contribution in [2.45, 2.75) is 30.1 Å². The molecule has 0 spiro atoms.